The van der Waals surface area contributed by atoms with Crippen molar-refractivity contribution in [3.63, 3.8) is 0 Å². The Morgan fingerprint density at radius 1 is 1.11 bits per heavy atom. The second kappa shape index (κ2) is 8.33. The van der Waals surface area contributed by atoms with Gasteiger partial charge in [-0.15, -0.1) is 0 Å². The topological polar surface area (TPSA) is 53.0 Å². The molecule has 1 amide bonds. The first kappa shape index (κ1) is 19.1. The molecule has 5 nitrogen and oxygen atoms in total. The van der Waals surface area contributed by atoms with E-state index in [2.05, 4.69) is 30.9 Å². The molecule has 0 spiro atoms. The number of hydrogen-bond acceptors (Lipinski definition) is 4. The van der Waals surface area contributed by atoms with E-state index in [0.717, 1.165) is 22.6 Å². The maximum atomic E-state index is 12.6. The Morgan fingerprint density at radius 2 is 1.81 bits per heavy atom. The quantitative estimate of drug-likeness (QED) is 0.877. The first-order chi connectivity index (χ1) is 13.0. The largest absolute Gasteiger partial charge is 0.506 e. The number of carbonyl (C=O) groups is 1. The van der Waals surface area contributed by atoms with Gasteiger partial charge in [0.1, 0.15) is 11.5 Å². The molecule has 5 heteroatoms. The van der Waals surface area contributed by atoms with Crippen molar-refractivity contribution in [2.45, 2.75) is 26.7 Å². The Morgan fingerprint density at radius 3 is 2.48 bits per heavy atom. The molecule has 0 saturated carbocycles. The average molecular weight is 368 g/mol. The molecular weight excluding hydrogens is 340 g/mol. The number of aryl methyl sites for hydroxylation is 1. The highest BCUT2D eigenvalue weighted by molar-refractivity contribution is 5.78. The summed E-state index contributed by atoms with van der Waals surface area (Å²) in [4.78, 5) is 16.5. The number of para-hydroxylation sites is 2. The molecule has 0 radical (unpaired) electrons. The van der Waals surface area contributed by atoms with Gasteiger partial charge in [-0.1, -0.05) is 38.1 Å². The summed E-state index contributed by atoms with van der Waals surface area (Å²) in [5.74, 6) is 1.42. The van der Waals surface area contributed by atoms with E-state index in [9.17, 15) is 9.90 Å². The third-order valence-corrected chi connectivity index (χ3v) is 5.00. The van der Waals surface area contributed by atoms with Crippen LogP contribution >= 0.6 is 0 Å². The van der Waals surface area contributed by atoms with E-state index in [0.29, 0.717) is 32.1 Å². The van der Waals surface area contributed by atoms with Crippen molar-refractivity contribution in [3.8, 4) is 11.5 Å². The van der Waals surface area contributed by atoms with Crippen LogP contribution in [0.25, 0.3) is 0 Å². The summed E-state index contributed by atoms with van der Waals surface area (Å²) >= 11 is 0. The number of nitrogens with zero attached hydrogens (tertiary/aromatic N) is 2. The number of amides is 1. The third kappa shape index (κ3) is 4.54. The highest BCUT2D eigenvalue weighted by Gasteiger charge is 2.23. The van der Waals surface area contributed by atoms with Crippen LogP contribution in [-0.2, 0) is 4.79 Å². The normalized spacial score (nSPS) is 14.5. The van der Waals surface area contributed by atoms with Gasteiger partial charge in [-0.05, 0) is 42.2 Å². The van der Waals surface area contributed by atoms with Gasteiger partial charge in [0.05, 0.1) is 5.69 Å². The monoisotopic (exact) mass is 368 g/mol. The Labute approximate surface area is 161 Å². The minimum atomic E-state index is 0.00291. The summed E-state index contributed by atoms with van der Waals surface area (Å²) < 4.78 is 5.88. The molecule has 0 atom stereocenters. The number of carbonyl (C=O) groups excluding carboxylic acids is 1. The van der Waals surface area contributed by atoms with E-state index < -0.39 is 0 Å². The number of hydrogen-bond donors (Lipinski definition) is 1. The predicted molar refractivity (Wildman–Crippen MR) is 108 cm³/mol. The van der Waals surface area contributed by atoms with Gasteiger partial charge < -0.3 is 19.6 Å². The van der Waals surface area contributed by atoms with Crippen molar-refractivity contribution in [3.05, 3.63) is 53.6 Å². The number of anilines is 1. The van der Waals surface area contributed by atoms with Crippen molar-refractivity contribution in [1.29, 1.82) is 0 Å². The third-order valence-electron chi connectivity index (χ3n) is 5.00. The van der Waals surface area contributed by atoms with Crippen LogP contribution in [0.1, 0.15) is 30.9 Å². The average Bonchev–Trinajstić information content (AvgIpc) is 2.66. The van der Waals surface area contributed by atoms with Crippen LogP contribution in [-0.4, -0.2) is 48.7 Å². The molecule has 0 unspecified atom stereocenters. The summed E-state index contributed by atoms with van der Waals surface area (Å²) in [7, 11) is 0. The van der Waals surface area contributed by atoms with Gasteiger partial charge in [0.2, 0.25) is 0 Å². The fraction of sp³-hybridized carbons (Fsp3) is 0.409. The second-order valence-electron chi connectivity index (χ2n) is 7.34. The van der Waals surface area contributed by atoms with Gasteiger partial charge in [-0.2, -0.15) is 0 Å². The van der Waals surface area contributed by atoms with Crippen LogP contribution in [0.3, 0.4) is 0 Å². The molecule has 2 aromatic rings. The van der Waals surface area contributed by atoms with Crippen molar-refractivity contribution in [2.24, 2.45) is 0 Å². The van der Waals surface area contributed by atoms with Crippen molar-refractivity contribution < 1.29 is 14.6 Å². The number of phenols is 1. The molecule has 1 N–H and O–H groups in total. The summed E-state index contributed by atoms with van der Waals surface area (Å²) in [5.41, 5.74) is 3.07. The number of piperazine rings is 1. The van der Waals surface area contributed by atoms with Crippen LogP contribution in [0.15, 0.2) is 42.5 Å². The van der Waals surface area contributed by atoms with Crippen LogP contribution in [0.5, 0.6) is 11.5 Å². The Bertz CT molecular complexity index is 796. The zero-order chi connectivity index (χ0) is 19.4. The summed E-state index contributed by atoms with van der Waals surface area (Å²) in [6.07, 6.45) is 0. The molecule has 1 saturated heterocycles. The lowest BCUT2D eigenvalue weighted by atomic mass is 10.0. The molecule has 1 aliphatic heterocycles. The molecule has 0 bridgehead atoms. The number of phenolic OH excluding ortho intramolecular Hbond substituents is 1. The van der Waals surface area contributed by atoms with Gasteiger partial charge in [0.15, 0.2) is 6.61 Å². The maximum Gasteiger partial charge on any atom is 0.260 e. The first-order valence-corrected chi connectivity index (χ1v) is 9.49. The standard InChI is InChI=1S/C22H28N2O3/c1-16(2)18-9-8-17(3)14-21(18)27-15-22(26)24-12-10-23(11-13-24)19-6-4-5-7-20(19)25/h4-9,14,16,25H,10-13,15H2,1-3H3. The molecule has 0 aromatic heterocycles. The molecule has 144 valence electrons. The summed E-state index contributed by atoms with van der Waals surface area (Å²) in [5, 5.41) is 10.00. The van der Waals surface area contributed by atoms with Gasteiger partial charge >= 0.3 is 0 Å². The number of rotatable bonds is 5. The molecule has 0 aliphatic carbocycles. The predicted octanol–water partition coefficient (Wildman–Crippen LogP) is 3.55. The SMILES string of the molecule is Cc1ccc(C(C)C)c(OCC(=O)N2CCN(c3ccccc3O)CC2)c1. The minimum Gasteiger partial charge on any atom is -0.506 e. The Balaban J connectivity index is 1.56. The highest BCUT2D eigenvalue weighted by Crippen LogP contribution is 2.28. The Hall–Kier alpha value is -2.69. The lowest BCUT2D eigenvalue weighted by molar-refractivity contribution is -0.133. The van der Waals surface area contributed by atoms with Crippen LogP contribution < -0.4 is 9.64 Å². The van der Waals surface area contributed by atoms with E-state index in [1.165, 1.54) is 0 Å². The van der Waals surface area contributed by atoms with E-state index in [-0.39, 0.29) is 18.3 Å². The molecule has 1 fully saturated rings. The van der Waals surface area contributed by atoms with Gasteiger partial charge in [-0.3, -0.25) is 4.79 Å². The zero-order valence-corrected chi connectivity index (χ0v) is 16.3. The molecule has 27 heavy (non-hydrogen) atoms. The highest BCUT2D eigenvalue weighted by atomic mass is 16.5. The van der Waals surface area contributed by atoms with E-state index in [1.807, 2.05) is 36.1 Å². The van der Waals surface area contributed by atoms with Gasteiger partial charge in [0.25, 0.3) is 5.91 Å². The van der Waals surface area contributed by atoms with Crippen LogP contribution in [0, 0.1) is 6.92 Å². The zero-order valence-electron chi connectivity index (χ0n) is 16.3. The smallest absolute Gasteiger partial charge is 0.260 e. The number of benzene rings is 2. The van der Waals surface area contributed by atoms with Crippen LogP contribution in [0.2, 0.25) is 0 Å². The minimum absolute atomic E-state index is 0.00291. The fourth-order valence-electron chi connectivity index (χ4n) is 3.40. The second-order valence-corrected chi connectivity index (χ2v) is 7.34. The summed E-state index contributed by atoms with van der Waals surface area (Å²) in [6, 6.07) is 13.5. The van der Waals surface area contributed by atoms with Crippen molar-refractivity contribution >= 4 is 11.6 Å². The Kier molecular flexibility index (Phi) is 5.89. The van der Waals surface area contributed by atoms with Crippen molar-refractivity contribution in [1.82, 2.24) is 4.90 Å². The number of aromatic hydroxyl groups is 1. The molecule has 1 aliphatic rings. The maximum absolute atomic E-state index is 12.6. The van der Waals surface area contributed by atoms with Crippen molar-refractivity contribution in [2.75, 3.05) is 37.7 Å². The molecular formula is C22H28N2O3. The molecule has 3 rings (SSSR count). The lowest BCUT2D eigenvalue weighted by Gasteiger charge is -2.36. The first-order valence-electron chi connectivity index (χ1n) is 9.49. The molecule has 2 aromatic carbocycles. The fourth-order valence-corrected chi connectivity index (χ4v) is 3.40. The van der Waals surface area contributed by atoms with Crippen LogP contribution in [0.4, 0.5) is 5.69 Å². The number of ether oxygens (including phenoxy) is 1. The molecule has 1 heterocycles. The summed E-state index contributed by atoms with van der Waals surface area (Å²) in [6.45, 7) is 8.98. The lowest BCUT2D eigenvalue weighted by Crippen LogP contribution is -2.50. The van der Waals surface area contributed by atoms with E-state index in [1.54, 1.807) is 6.07 Å². The van der Waals surface area contributed by atoms with E-state index in [4.69, 9.17) is 4.74 Å². The van der Waals surface area contributed by atoms with Gasteiger partial charge in [0, 0.05) is 26.2 Å². The van der Waals surface area contributed by atoms with E-state index >= 15 is 0 Å². The van der Waals surface area contributed by atoms with Gasteiger partial charge in [-0.25, -0.2) is 0 Å².